The smallest absolute Gasteiger partial charge is 0.310 e. The molecule has 4 N–H and O–H groups in total. The molecule has 0 saturated heterocycles. The number of aliphatic carboxylic acids is 1. The molecule has 8 unspecified atom stereocenters. The van der Waals surface area contributed by atoms with Crippen LogP contribution in [0.25, 0.3) is 0 Å². The fraction of sp³-hybridized carbons (Fsp3) is 0.900. The van der Waals surface area contributed by atoms with Crippen LogP contribution in [0.5, 0.6) is 0 Å². The highest BCUT2D eigenvalue weighted by Gasteiger charge is 2.70. The van der Waals surface area contributed by atoms with Crippen LogP contribution in [0.15, 0.2) is 11.6 Å². The minimum absolute atomic E-state index is 0.00815. The summed E-state index contributed by atoms with van der Waals surface area (Å²) in [6.45, 7) is 13.6. The van der Waals surface area contributed by atoms with Gasteiger partial charge in [-0.15, -0.1) is 0 Å². The van der Waals surface area contributed by atoms with Crippen LogP contribution in [0.2, 0.25) is 0 Å². The number of aliphatic hydroxyl groups is 3. The molecule has 5 rings (SSSR count). The van der Waals surface area contributed by atoms with Gasteiger partial charge in [0.25, 0.3) is 0 Å². The van der Waals surface area contributed by atoms with E-state index in [9.17, 15) is 25.2 Å². The van der Waals surface area contributed by atoms with Gasteiger partial charge in [-0.2, -0.15) is 0 Å². The van der Waals surface area contributed by atoms with Crippen LogP contribution < -0.4 is 0 Å². The van der Waals surface area contributed by atoms with Crippen molar-refractivity contribution in [2.75, 3.05) is 6.61 Å². The number of allylic oxidation sites excluding steroid dienone is 2. The predicted molar refractivity (Wildman–Crippen MR) is 135 cm³/mol. The van der Waals surface area contributed by atoms with Gasteiger partial charge in [0.2, 0.25) is 0 Å². The van der Waals surface area contributed by atoms with E-state index in [-0.39, 0.29) is 34.7 Å². The Bertz CT molecular complexity index is 930. The Balaban J connectivity index is 1.62. The average Bonchev–Trinajstić information content (AvgIpc) is 2.80. The van der Waals surface area contributed by atoms with E-state index >= 15 is 0 Å². The van der Waals surface area contributed by atoms with Crippen molar-refractivity contribution in [3.05, 3.63) is 11.6 Å². The Hall–Kier alpha value is -0.910. The van der Waals surface area contributed by atoms with Gasteiger partial charge in [0, 0.05) is 5.41 Å². The largest absolute Gasteiger partial charge is 0.481 e. The molecule has 35 heavy (non-hydrogen) atoms. The summed E-state index contributed by atoms with van der Waals surface area (Å²) >= 11 is 0. The molecular formula is C30H48O5. The first kappa shape index (κ1) is 25.7. The van der Waals surface area contributed by atoms with E-state index in [1.165, 1.54) is 5.57 Å². The van der Waals surface area contributed by atoms with Crippen molar-refractivity contribution >= 4 is 5.97 Å². The number of carbonyl (C=O) groups is 1. The Morgan fingerprint density at radius 1 is 1.00 bits per heavy atom. The molecule has 0 heterocycles. The zero-order valence-electron chi connectivity index (χ0n) is 22.7. The van der Waals surface area contributed by atoms with E-state index in [0.717, 1.165) is 44.9 Å². The van der Waals surface area contributed by atoms with E-state index < -0.39 is 29.0 Å². The summed E-state index contributed by atoms with van der Waals surface area (Å²) in [5, 5.41) is 42.9. The van der Waals surface area contributed by atoms with Gasteiger partial charge in [-0.3, -0.25) is 4.79 Å². The number of aliphatic hydroxyl groups excluding tert-OH is 3. The molecule has 4 fully saturated rings. The maximum atomic E-state index is 12.8. The van der Waals surface area contributed by atoms with Crippen molar-refractivity contribution in [3.8, 4) is 0 Å². The van der Waals surface area contributed by atoms with Gasteiger partial charge in [0.1, 0.15) is 0 Å². The minimum atomic E-state index is -0.907. The van der Waals surface area contributed by atoms with Gasteiger partial charge >= 0.3 is 5.97 Å². The summed E-state index contributed by atoms with van der Waals surface area (Å²) in [6.07, 6.45) is 7.51. The molecule has 5 aliphatic carbocycles. The van der Waals surface area contributed by atoms with Crippen molar-refractivity contribution < 1.29 is 25.2 Å². The fourth-order valence-corrected chi connectivity index (χ4v) is 11.0. The van der Waals surface area contributed by atoms with E-state index in [1.807, 2.05) is 6.92 Å². The molecule has 0 aromatic rings. The first-order valence-electron chi connectivity index (χ1n) is 14.1. The lowest BCUT2D eigenvalue weighted by molar-refractivity contribution is -0.244. The Labute approximate surface area is 211 Å². The Morgan fingerprint density at radius 3 is 2.31 bits per heavy atom. The van der Waals surface area contributed by atoms with Crippen molar-refractivity contribution in [1.82, 2.24) is 0 Å². The topological polar surface area (TPSA) is 98.0 Å². The van der Waals surface area contributed by atoms with Crippen molar-refractivity contribution in [2.24, 2.45) is 56.7 Å². The van der Waals surface area contributed by atoms with Gasteiger partial charge in [0.05, 0.1) is 24.2 Å². The third kappa shape index (κ3) is 2.95. The molecule has 198 valence electrons. The van der Waals surface area contributed by atoms with Crippen LogP contribution in [0.1, 0.15) is 92.9 Å². The highest BCUT2D eigenvalue weighted by molar-refractivity contribution is 5.76. The fourth-order valence-electron chi connectivity index (χ4n) is 11.0. The molecule has 12 atom stereocenters. The molecule has 4 saturated carbocycles. The quantitative estimate of drug-likeness (QED) is 0.409. The first-order valence-corrected chi connectivity index (χ1v) is 14.1. The van der Waals surface area contributed by atoms with E-state index in [0.29, 0.717) is 24.2 Å². The van der Waals surface area contributed by atoms with Crippen molar-refractivity contribution in [2.45, 2.75) is 105 Å². The Morgan fingerprint density at radius 2 is 1.69 bits per heavy atom. The zero-order valence-corrected chi connectivity index (χ0v) is 22.7. The van der Waals surface area contributed by atoms with Gasteiger partial charge in [0.15, 0.2) is 0 Å². The highest BCUT2D eigenvalue weighted by atomic mass is 16.4. The molecule has 0 spiro atoms. The number of carboxylic acid groups (broad SMARTS) is 1. The van der Waals surface area contributed by atoms with Crippen LogP contribution in [0, 0.1) is 56.7 Å². The van der Waals surface area contributed by atoms with Crippen LogP contribution in [-0.2, 0) is 4.79 Å². The van der Waals surface area contributed by atoms with Gasteiger partial charge in [-0.1, -0.05) is 53.2 Å². The monoisotopic (exact) mass is 488 g/mol. The summed E-state index contributed by atoms with van der Waals surface area (Å²) in [4.78, 5) is 12.8. The predicted octanol–water partition coefficient (Wildman–Crippen LogP) is 5.03. The molecule has 0 amide bonds. The molecule has 0 radical (unpaired) electrons. The summed E-state index contributed by atoms with van der Waals surface area (Å²) in [5.41, 5.74) is -0.214. The van der Waals surface area contributed by atoms with Crippen molar-refractivity contribution in [1.29, 1.82) is 0 Å². The molecule has 0 aliphatic heterocycles. The molecular weight excluding hydrogens is 440 g/mol. The van der Waals surface area contributed by atoms with E-state index in [2.05, 4.69) is 40.7 Å². The first-order chi connectivity index (χ1) is 16.2. The summed E-state index contributed by atoms with van der Waals surface area (Å²) in [5.74, 6) is 0.828. The third-order valence-electron chi connectivity index (χ3n) is 13.5. The average molecular weight is 489 g/mol. The van der Waals surface area contributed by atoms with Crippen LogP contribution in [-0.4, -0.2) is 45.2 Å². The normalized spacial score (nSPS) is 57.7. The highest BCUT2D eigenvalue weighted by Crippen LogP contribution is 2.75. The zero-order chi connectivity index (χ0) is 25.8. The lowest BCUT2D eigenvalue weighted by Gasteiger charge is -2.71. The molecule has 0 aromatic heterocycles. The molecule has 0 aromatic carbocycles. The van der Waals surface area contributed by atoms with Crippen LogP contribution >= 0.6 is 0 Å². The summed E-state index contributed by atoms with van der Waals surface area (Å²) in [6, 6.07) is 0. The standard InChI is InChI=1S/C30H48O5/c1-17-9-12-30(25(34)35)14-13-28(5)19(23(30)18(17)2)7-8-22-26(3)15-20(32)24(33)27(4,16-31)21(26)10-11-29(22,28)6/h7,17-18,20-24,31-33H,8-16H2,1-6H3,(H,34,35)/t17-,18?,20-,21?,22?,23?,24?,26?,27+,28-,29?,30?/m1/s1. The van der Waals surface area contributed by atoms with Crippen LogP contribution in [0.4, 0.5) is 0 Å². The SMILES string of the molecule is CC1C2C3=CCC4C5(C)C[C@@H](O)C(O)[C@@](C)(CO)C5CCC4(C)[C@]3(C)CCC2(C(=O)O)CC[C@H]1C. The number of rotatable bonds is 2. The molecule has 0 bridgehead atoms. The maximum absolute atomic E-state index is 12.8. The van der Waals surface area contributed by atoms with Gasteiger partial charge in [-0.25, -0.2) is 0 Å². The number of fused-ring (bicyclic) bond motifs is 7. The summed E-state index contributed by atoms with van der Waals surface area (Å²) in [7, 11) is 0. The Kier molecular flexibility index (Phi) is 5.73. The summed E-state index contributed by atoms with van der Waals surface area (Å²) < 4.78 is 0. The molecule has 5 aliphatic rings. The second-order valence-electron chi connectivity index (χ2n) is 14.5. The molecule has 5 heteroatoms. The molecule has 5 nitrogen and oxygen atoms in total. The second-order valence-corrected chi connectivity index (χ2v) is 14.5. The van der Waals surface area contributed by atoms with Crippen molar-refractivity contribution in [3.63, 3.8) is 0 Å². The number of hydrogen-bond acceptors (Lipinski definition) is 4. The maximum Gasteiger partial charge on any atom is 0.310 e. The van der Waals surface area contributed by atoms with E-state index in [1.54, 1.807) is 0 Å². The third-order valence-corrected chi connectivity index (χ3v) is 13.5. The second kappa shape index (κ2) is 7.80. The van der Waals surface area contributed by atoms with Gasteiger partial charge < -0.3 is 20.4 Å². The van der Waals surface area contributed by atoms with E-state index in [4.69, 9.17) is 0 Å². The lowest BCUT2D eigenvalue weighted by atomic mass is 9.33. The lowest BCUT2D eigenvalue weighted by Crippen LogP contribution is -2.68. The van der Waals surface area contributed by atoms with Gasteiger partial charge in [-0.05, 0) is 97.2 Å². The van der Waals surface area contributed by atoms with Crippen LogP contribution in [0.3, 0.4) is 0 Å². The number of hydrogen-bond donors (Lipinski definition) is 4. The number of carboxylic acids is 1. The minimum Gasteiger partial charge on any atom is -0.481 e.